The van der Waals surface area contributed by atoms with Gasteiger partial charge in [0.15, 0.2) is 0 Å². The van der Waals surface area contributed by atoms with Gasteiger partial charge in [0.05, 0.1) is 47.2 Å². The van der Waals surface area contributed by atoms with Crippen molar-refractivity contribution in [2.75, 3.05) is 32.8 Å². The number of aliphatic hydroxyl groups excluding tert-OH is 1. The Morgan fingerprint density at radius 3 is 1.72 bits per heavy atom. The fourth-order valence-electron chi connectivity index (χ4n) is 8.93. The Bertz CT molecular complexity index is 1940. The van der Waals surface area contributed by atoms with Crippen molar-refractivity contribution in [1.29, 1.82) is 0 Å². The Morgan fingerprint density at radius 1 is 0.689 bits per heavy atom. The summed E-state index contributed by atoms with van der Waals surface area (Å²) in [6.45, 7) is 15.2. The first-order valence-corrected chi connectivity index (χ1v) is 23.0. The lowest BCUT2D eigenvalue weighted by molar-refractivity contribution is -0.191. The van der Waals surface area contributed by atoms with Gasteiger partial charge in [-0.2, -0.15) is 9.59 Å². The number of hydrogen-bond acceptors (Lipinski definition) is 11. The van der Waals surface area contributed by atoms with E-state index < -0.39 is 0 Å². The van der Waals surface area contributed by atoms with E-state index in [0.717, 1.165) is 121 Å². The number of fused-ring (bicyclic) bond motifs is 2. The van der Waals surface area contributed by atoms with Gasteiger partial charge in [-0.1, -0.05) is 39.3 Å². The molecule has 61 heavy (non-hydrogen) atoms. The molecule has 2 N–H and O–H groups in total. The summed E-state index contributed by atoms with van der Waals surface area (Å²) in [5.41, 5.74) is 4.17. The number of benzene rings is 2. The monoisotopic (exact) mass is 839 g/mol. The van der Waals surface area contributed by atoms with Gasteiger partial charge in [0, 0.05) is 23.9 Å². The van der Waals surface area contributed by atoms with E-state index in [2.05, 4.69) is 73.0 Å². The lowest BCUT2D eigenvalue weighted by atomic mass is 9.89. The van der Waals surface area contributed by atoms with Crippen LogP contribution >= 0.6 is 0 Å². The minimum absolute atomic E-state index is 0.0196. The number of rotatable bonds is 9. The molecule has 11 heteroatoms. The molecule has 0 radical (unpaired) electrons. The molecule has 4 aromatic rings. The number of aliphatic hydroxyl groups is 1. The van der Waals surface area contributed by atoms with Crippen LogP contribution in [0.4, 0.5) is 0 Å². The summed E-state index contributed by atoms with van der Waals surface area (Å²) in [4.78, 5) is 42.6. The number of esters is 1. The summed E-state index contributed by atoms with van der Waals surface area (Å²) in [5, 5.41) is 20.6. The lowest BCUT2D eigenvalue weighted by Crippen LogP contribution is -2.36. The van der Waals surface area contributed by atoms with Crippen molar-refractivity contribution in [3.05, 3.63) is 72.1 Å². The van der Waals surface area contributed by atoms with Crippen LogP contribution in [0.25, 0.3) is 21.8 Å². The van der Waals surface area contributed by atoms with Gasteiger partial charge in [-0.15, -0.1) is 0 Å². The van der Waals surface area contributed by atoms with E-state index in [1.54, 1.807) is 12.1 Å². The van der Waals surface area contributed by atoms with Crippen molar-refractivity contribution in [3.8, 4) is 11.5 Å². The molecule has 0 atom stereocenters. The Kier molecular flexibility index (Phi) is 19.4. The largest absolute Gasteiger partial charge is 0.508 e. The molecule has 11 nitrogen and oxygen atoms in total. The van der Waals surface area contributed by atoms with Gasteiger partial charge >= 0.3 is 12.1 Å². The Morgan fingerprint density at radius 2 is 1.20 bits per heavy atom. The van der Waals surface area contributed by atoms with Crippen molar-refractivity contribution in [2.45, 2.75) is 136 Å². The first-order valence-electron chi connectivity index (χ1n) is 23.0. The summed E-state index contributed by atoms with van der Waals surface area (Å²) in [6.07, 6.45) is 15.6. The number of likely N-dealkylation sites (tertiary alicyclic amines) is 2. The van der Waals surface area contributed by atoms with Crippen LogP contribution in [0.5, 0.6) is 11.5 Å². The highest BCUT2D eigenvalue weighted by Crippen LogP contribution is 2.30. The molecule has 0 bridgehead atoms. The molecule has 4 fully saturated rings. The van der Waals surface area contributed by atoms with E-state index in [4.69, 9.17) is 34.1 Å². The minimum Gasteiger partial charge on any atom is -0.508 e. The maximum atomic E-state index is 11.9. The third-order valence-corrected chi connectivity index (χ3v) is 13.0. The highest BCUT2D eigenvalue weighted by molar-refractivity contribution is 5.81. The van der Waals surface area contributed by atoms with Gasteiger partial charge in [0.1, 0.15) is 11.5 Å². The quantitative estimate of drug-likeness (QED) is 0.156. The van der Waals surface area contributed by atoms with Crippen LogP contribution in [-0.2, 0) is 32.2 Å². The Labute approximate surface area is 363 Å². The van der Waals surface area contributed by atoms with Crippen LogP contribution in [0.3, 0.4) is 0 Å². The summed E-state index contributed by atoms with van der Waals surface area (Å²) in [5.74, 6) is 3.88. The van der Waals surface area contributed by atoms with E-state index >= 15 is 0 Å². The molecule has 0 spiro atoms. The zero-order valence-electron chi connectivity index (χ0n) is 37.1. The molecule has 2 aromatic heterocycles. The van der Waals surface area contributed by atoms with Gasteiger partial charge in [-0.25, -0.2) is 0 Å². The molecular weight excluding hydrogens is 769 g/mol. The molecule has 2 aliphatic carbocycles. The molecule has 8 rings (SSSR count). The van der Waals surface area contributed by atoms with Crippen LogP contribution in [0.1, 0.15) is 123 Å². The lowest BCUT2D eigenvalue weighted by Gasteiger charge is -2.31. The van der Waals surface area contributed by atoms with Gasteiger partial charge < -0.3 is 19.7 Å². The standard InChI is InChI=1S/C25H34N2O3.C17H22N2O.C7H14O.CO2/c1-3-29-25(28)19-12-14-27(15-13-19)17-21-7-6-20-16-23(10-11-24(20)26-21)30-22-8-4-18(2)5-9-22;1-2-13-7-9-19(10-8-13)12-15-4-3-14-11-16(20)5-6-17(14)18-15;1-6-2-4-7(8)5-3-6;2-1-3/h6-7,10-11,16,18-19,22H,3-5,8-9,12-15,17H2,1-2H3;3-6,11,13,20H,2,7-10,12H2,1H3;6-8H,2-5H2,1H3;. The van der Waals surface area contributed by atoms with E-state index in [0.29, 0.717) is 18.5 Å². The highest BCUT2D eigenvalue weighted by Gasteiger charge is 2.26. The number of nitrogens with zero attached hydrogens (tertiary/aromatic N) is 4. The van der Waals surface area contributed by atoms with Gasteiger partial charge in [0.25, 0.3) is 0 Å². The molecule has 0 amide bonds. The average Bonchev–Trinajstić information content (AvgIpc) is 3.27. The maximum Gasteiger partial charge on any atom is 0.373 e. The molecular formula is C50H70N4O7. The molecule has 332 valence electrons. The number of pyridine rings is 2. The van der Waals surface area contributed by atoms with E-state index in [1.165, 1.54) is 58.0 Å². The first-order chi connectivity index (χ1) is 29.5. The number of carbonyl (C=O) groups excluding carboxylic acids is 3. The number of aromatic hydroxyl groups is 1. The molecule has 2 saturated heterocycles. The first kappa shape index (κ1) is 47.6. The number of phenolic OH excluding ortho intramolecular Hbond substituents is 1. The zero-order valence-corrected chi connectivity index (χ0v) is 37.1. The Balaban J connectivity index is 0.000000194. The predicted molar refractivity (Wildman–Crippen MR) is 239 cm³/mol. The third kappa shape index (κ3) is 15.8. The predicted octanol–water partition coefficient (Wildman–Crippen LogP) is 9.50. The molecule has 2 aliphatic heterocycles. The summed E-state index contributed by atoms with van der Waals surface area (Å²) in [7, 11) is 0. The van der Waals surface area contributed by atoms with E-state index in [-0.39, 0.29) is 24.1 Å². The van der Waals surface area contributed by atoms with Crippen molar-refractivity contribution in [2.24, 2.45) is 23.7 Å². The normalized spacial score (nSPS) is 22.6. The number of ether oxygens (including phenoxy) is 2. The van der Waals surface area contributed by atoms with E-state index in [9.17, 15) is 9.90 Å². The summed E-state index contributed by atoms with van der Waals surface area (Å²) < 4.78 is 11.4. The number of piperidine rings is 2. The van der Waals surface area contributed by atoms with Gasteiger partial charge in [-0.3, -0.25) is 24.6 Å². The fourth-order valence-corrected chi connectivity index (χ4v) is 8.93. The highest BCUT2D eigenvalue weighted by atomic mass is 16.5. The Hall–Kier alpha value is -4.41. The number of carbonyl (C=O) groups is 1. The molecule has 0 unspecified atom stereocenters. The van der Waals surface area contributed by atoms with Crippen LogP contribution in [0.2, 0.25) is 0 Å². The van der Waals surface area contributed by atoms with Crippen LogP contribution in [0.15, 0.2) is 60.7 Å². The minimum atomic E-state index is -0.0401. The molecule has 2 saturated carbocycles. The van der Waals surface area contributed by atoms with Crippen molar-refractivity contribution < 1.29 is 34.1 Å². The van der Waals surface area contributed by atoms with E-state index in [1.807, 2.05) is 13.0 Å². The summed E-state index contributed by atoms with van der Waals surface area (Å²) >= 11 is 0. The number of aromatic nitrogens is 2. The fraction of sp³-hybridized carbons (Fsp3) is 0.600. The second-order valence-electron chi connectivity index (χ2n) is 17.8. The average molecular weight is 839 g/mol. The van der Waals surface area contributed by atoms with Gasteiger partial charge in [-0.05, 0) is 176 Å². The smallest absolute Gasteiger partial charge is 0.373 e. The van der Waals surface area contributed by atoms with Crippen LogP contribution in [0, 0.1) is 23.7 Å². The molecule has 2 aromatic carbocycles. The van der Waals surface area contributed by atoms with Crippen LogP contribution in [-0.4, -0.2) is 87.1 Å². The number of hydrogen-bond donors (Lipinski definition) is 2. The van der Waals surface area contributed by atoms with Gasteiger partial charge in [0.2, 0.25) is 0 Å². The molecule has 4 heterocycles. The SMILES string of the molecule is CC1CCC(O)CC1.CCC1CCN(Cc2ccc3cc(O)ccc3n2)CC1.CCOC(=O)C1CCN(Cc2ccc3cc(OC4CCC(C)CC4)ccc3n2)CC1.O=C=O. The second kappa shape index (κ2) is 24.9. The molecule has 4 aliphatic rings. The van der Waals surface area contributed by atoms with Crippen molar-refractivity contribution in [1.82, 2.24) is 19.8 Å². The second-order valence-corrected chi connectivity index (χ2v) is 17.8. The topological polar surface area (TPSA) is 142 Å². The maximum absolute atomic E-state index is 11.9. The van der Waals surface area contributed by atoms with Crippen molar-refractivity contribution in [3.63, 3.8) is 0 Å². The number of phenols is 1. The van der Waals surface area contributed by atoms with Crippen LogP contribution < -0.4 is 4.74 Å². The summed E-state index contributed by atoms with van der Waals surface area (Å²) in [6, 6.07) is 20.0. The van der Waals surface area contributed by atoms with Crippen molar-refractivity contribution >= 4 is 33.9 Å². The zero-order chi connectivity index (χ0) is 43.6. The third-order valence-electron chi connectivity index (χ3n) is 13.0.